The molecule has 1 amide bonds. The SMILES string of the molecule is CCNC(=O)CCNc1cccc(OC(C)C)c1N. The first kappa shape index (κ1) is 15.1. The molecule has 5 heteroatoms. The van der Waals surface area contributed by atoms with Crippen molar-refractivity contribution in [2.45, 2.75) is 33.3 Å². The van der Waals surface area contributed by atoms with Gasteiger partial charge in [-0.05, 0) is 32.9 Å². The van der Waals surface area contributed by atoms with Crippen molar-refractivity contribution in [1.29, 1.82) is 0 Å². The number of ether oxygens (including phenoxy) is 1. The number of hydrogen-bond donors (Lipinski definition) is 3. The first-order chi connectivity index (χ1) is 9.04. The Morgan fingerprint density at radius 3 is 2.79 bits per heavy atom. The van der Waals surface area contributed by atoms with Gasteiger partial charge >= 0.3 is 0 Å². The largest absolute Gasteiger partial charge is 0.489 e. The molecule has 0 saturated carbocycles. The van der Waals surface area contributed by atoms with Crippen molar-refractivity contribution in [3.05, 3.63) is 18.2 Å². The lowest BCUT2D eigenvalue weighted by Crippen LogP contribution is -2.24. The summed E-state index contributed by atoms with van der Waals surface area (Å²) in [5.74, 6) is 0.696. The molecule has 5 nitrogen and oxygen atoms in total. The second-order valence-corrected chi connectivity index (χ2v) is 4.51. The lowest BCUT2D eigenvalue weighted by atomic mass is 10.2. The van der Waals surface area contributed by atoms with Crippen LogP contribution in [0, 0.1) is 0 Å². The van der Waals surface area contributed by atoms with Crippen LogP contribution in [0.25, 0.3) is 0 Å². The molecule has 4 N–H and O–H groups in total. The fourth-order valence-electron chi connectivity index (χ4n) is 1.65. The average molecular weight is 265 g/mol. The minimum Gasteiger partial charge on any atom is -0.489 e. The molecule has 0 unspecified atom stereocenters. The first-order valence-corrected chi connectivity index (χ1v) is 6.60. The zero-order valence-electron chi connectivity index (χ0n) is 11.8. The molecule has 1 aromatic rings. The molecule has 106 valence electrons. The highest BCUT2D eigenvalue weighted by atomic mass is 16.5. The van der Waals surface area contributed by atoms with E-state index in [9.17, 15) is 4.79 Å². The molecule has 1 aromatic carbocycles. The molecule has 0 aliphatic heterocycles. The average Bonchev–Trinajstić information content (AvgIpc) is 2.33. The normalized spacial score (nSPS) is 10.3. The molecule has 0 saturated heterocycles. The van der Waals surface area contributed by atoms with E-state index >= 15 is 0 Å². The van der Waals surface area contributed by atoms with Crippen LogP contribution in [0.5, 0.6) is 5.75 Å². The van der Waals surface area contributed by atoms with Crippen LogP contribution in [0.4, 0.5) is 11.4 Å². The van der Waals surface area contributed by atoms with E-state index in [-0.39, 0.29) is 12.0 Å². The van der Waals surface area contributed by atoms with E-state index in [1.54, 1.807) is 0 Å². The van der Waals surface area contributed by atoms with Gasteiger partial charge in [0, 0.05) is 19.5 Å². The molecule has 0 fully saturated rings. The zero-order chi connectivity index (χ0) is 14.3. The molecule has 0 aromatic heterocycles. The number of carbonyl (C=O) groups excluding carboxylic acids is 1. The summed E-state index contributed by atoms with van der Waals surface area (Å²) < 4.78 is 5.61. The van der Waals surface area contributed by atoms with Crippen LogP contribution in [0.15, 0.2) is 18.2 Å². The molecule has 19 heavy (non-hydrogen) atoms. The van der Waals surface area contributed by atoms with E-state index in [0.29, 0.717) is 30.9 Å². The van der Waals surface area contributed by atoms with Crippen molar-refractivity contribution < 1.29 is 9.53 Å². The molecule has 0 spiro atoms. The predicted octanol–water partition coefficient (Wildman–Crippen LogP) is 1.99. The highest BCUT2D eigenvalue weighted by Gasteiger charge is 2.07. The predicted molar refractivity (Wildman–Crippen MR) is 78.4 cm³/mol. The van der Waals surface area contributed by atoms with E-state index in [1.165, 1.54) is 0 Å². The Morgan fingerprint density at radius 2 is 2.16 bits per heavy atom. The minimum atomic E-state index is 0.0307. The van der Waals surface area contributed by atoms with Crippen molar-refractivity contribution >= 4 is 17.3 Å². The van der Waals surface area contributed by atoms with Gasteiger partial charge in [-0.1, -0.05) is 6.07 Å². The van der Waals surface area contributed by atoms with Crippen LogP contribution in [-0.4, -0.2) is 25.1 Å². The number of rotatable bonds is 7. The summed E-state index contributed by atoms with van der Waals surface area (Å²) in [6.07, 6.45) is 0.496. The van der Waals surface area contributed by atoms with Gasteiger partial charge in [0.05, 0.1) is 17.5 Å². The number of anilines is 2. The molecule has 0 aliphatic carbocycles. The quantitative estimate of drug-likeness (QED) is 0.659. The monoisotopic (exact) mass is 265 g/mol. The summed E-state index contributed by atoms with van der Waals surface area (Å²) >= 11 is 0. The molecule has 1 rings (SSSR count). The third-order valence-corrected chi connectivity index (χ3v) is 2.47. The summed E-state index contributed by atoms with van der Waals surface area (Å²) in [7, 11) is 0. The summed E-state index contributed by atoms with van der Waals surface area (Å²) in [4.78, 5) is 11.3. The van der Waals surface area contributed by atoms with Gasteiger partial charge < -0.3 is 21.1 Å². The molecule has 0 bridgehead atoms. The van der Waals surface area contributed by atoms with E-state index in [4.69, 9.17) is 10.5 Å². The van der Waals surface area contributed by atoms with Crippen LogP contribution in [0.3, 0.4) is 0 Å². The number of nitrogens with two attached hydrogens (primary N) is 1. The van der Waals surface area contributed by atoms with Crippen molar-refractivity contribution in [3.8, 4) is 5.75 Å². The number of benzene rings is 1. The fraction of sp³-hybridized carbons (Fsp3) is 0.500. The van der Waals surface area contributed by atoms with Gasteiger partial charge in [0.2, 0.25) is 5.91 Å². The van der Waals surface area contributed by atoms with E-state index in [0.717, 1.165) is 5.69 Å². The van der Waals surface area contributed by atoms with Crippen LogP contribution >= 0.6 is 0 Å². The van der Waals surface area contributed by atoms with Gasteiger partial charge in [-0.25, -0.2) is 0 Å². The maximum absolute atomic E-state index is 11.3. The second-order valence-electron chi connectivity index (χ2n) is 4.51. The summed E-state index contributed by atoms with van der Waals surface area (Å²) in [5, 5.41) is 5.90. The van der Waals surface area contributed by atoms with E-state index in [2.05, 4.69) is 10.6 Å². The van der Waals surface area contributed by atoms with Crippen LogP contribution in [0.1, 0.15) is 27.2 Å². The van der Waals surface area contributed by atoms with Gasteiger partial charge in [-0.2, -0.15) is 0 Å². The summed E-state index contributed by atoms with van der Waals surface area (Å²) in [5.41, 5.74) is 7.39. The van der Waals surface area contributed by atoms with Gasteiger partial charge in [-0.15, -0.1) is 0 Å². The van der Waals surface area contributed by atoms with Crippen molar-refractivity contribution in [1.82, 2.24) is 5.32 Å². The topological polar surface area (TPSA) is 76.4 Å². The van der Waals surface area contributed by atoms with Crippen LogP contribution < -0.4 is 21.1 Å². The lowest BCUT2D eigenvalue weighted by molar-refractivity contribution is -0.120. The molecule has 0 radical (unpaired) electrons. The Labute approximate surface area is 114 Å². The Hall–Kier alpha value is -1.91. The van der Waals surface area contributed by atoms with Gasteiger partial charge in [0.1, 0.15) is 5.75 Å². The number of carbonyl (C=O) groups is 1. The number of para-hydroxylation sites is 1. The van der Waals surface area contributed by atoms with Gasteiger partial charge in [0.25, 0.3) is 0 Å². The highest BCUT2D eigenvalue weighted by Crippen LogP contribution is 2.29. The smallest absolute Gasteiger partial charge is 0.221 e. The maximum Gasteiger partial charge on any atom is 0.221 e. The van der Waals surface area contributed by atoms with Crippen molar-refractivity contribution in [3.63, 3.8) is 0 Å². The maximum atomic E-state index is 11.3. The molecule has 0 aliphatic rings. The standard InChI is InChI=1S/C14H23N3O2/c1-4-16-13(18)8-9-17-11-6-5-7-12(14(11)15)19-10(2)3/h5-7,10,17H,4,8-9,15H2,1-3H3,(H,16,18). The number of nitrogen functional groups attached to an aromatic ring is 1. The molecule has 0 heterocycles. The van der Waals surface area contributed by atoms with Crippen LogP contribution in [0.2, 0.25) is 0 Å². The Kier molecular flexibility index (Phi) is 5.99. The van der Waals surface area contributed by atoms with Crippen LogP contribution in [-0.2, 0) is 4.79 Å². The van der Waals surface area contributed by atoms with Gasteiger partial charge in [0.15, 0.2) is 0 Å². The Bertz CT molecular complexity index is 419. The first-order valence-electron chi connectivity index (χ1n) is 6.60. The van der Waals surface area contributed by atoms with E-state index in [1.807, 2.05) is 39.0 Å². The van der Waals surface area contributed by atoms with Gasteiger partial charge in [-0.3, -0.25) is 4.79 Å². The second kappa shape index (κ2) is 7.51. The third kappa shape index (κ3) is 5.07. The van der Waals surface area contributed by atoms with Crippen molar-refractivity contribution in [2.24, 2.45) is 0 Å². The summed E-state index contributed by atoms with van der Waals surface area (Å²) in [6, 6.07) is 5.59. The number of hydrogen-bond acceptors (Lipinski definition) is 4. The Morgan fingerprint density at radius 1 is 1.42 bits per heavy atom. The minimum absolute atomic E-state index is 0.0307. The third-order valence-electron chi connectivity index (χ3n) is 2.47. The van der Waals surface area contributed by atoms with Crippen molar-refractivity contribution in [2.75, 3.05) is 24.1 Å². The number of amides is 1. The molecule has 0 atom stereocenters. The molecular formula is C14H23N3O2. The summed E-state index contributed by atoms with van der Waals surface area (Å²) in [6.45, 7) is 7.00. The Balaban J connectivity index is 2.56. The highest BCUT2D eigenvalue weighted by molar-refractivity contribution is 5.77. The van der Waals surface area contributed by atoms with E-state index < -0.39 is 0 Å². The molecular weight excluding hydrogens is 242 g/mol. The lowest BCUT2D eigenvalue weighted by Gasteiger charge is -2.15. The fourth-order valence-corrected chi connectivity index (χ4v) is 1.65. The number of nitrogens with one attached hydrogen (secondary N) is 2. The zero-order valence-corrected chi connectivity index (χ0v) is 11.8.